The van der Waals surface area contributed by atoms with Crippen molar-refractivity contribution in [2.45, 2.75) is 26.8 Å². The third-order valence-corrected chi connectivity index (χ3v) is 9.19. The number of hydrogen-bond donors (Lipinski definition) is 0. The van der Waals surface area contributed by atoms with E-state index in [1.807, 2.05) is 25.1 Å². The van der Waals surface area contributed by atoms with E-state index in [2.05, 4.69) is 66.1 Å². The predicted octanol–water partition coefficient (Wildman–Crippen LogP) is 5.19. The van der Waals surface area contributed by atoms with Gasteiger partial charge in [0.25, 0.3) is 5.56 Å². The first-order valence-electron chi connectivity index (χ1n) is 11.9. The summed E-state index contributed by atoms with van der Waals surface area (Å²) in [5.41, 5.74) is 2.01. The molecule has 39 heavy (non-hydrogen) atoms. The molecule has 1 aliphatic heterocycles. The highest BCUT2D eigenvalue weighted by atomic mass is 127. The summed E-state index contributed by atoms with van der Waals surface area (Å²) in [6, 6.07) is 6.68. The molecule has 0 amide bonds. The van der Waals surface area contributed by atoms with E-state index in [1.165, 1.54) is 18.4 Å². The number of nitrogens with zero attached hydrogens (tertiary/aromatic N) is 2. The fraction of sp³-hybridized carbons (Fsp3) is 0.296. The molecule has 1 aliphatic rings. The molecule has 1 atom stereocenters. The number of rotatable bonds is 8. The molecule has 3 aromatic rings. The van der Waals surface area contributed by atoms with Gasteiger partial charge in [-0.05, 0) is 107 Å². The first-order valence-corrected chi connectivity index (χ1v) is 15.6. The largest absolute Gasteiger partial charge is 0.493 e. The fourth-order valence-corrected chi connectivity index (χ4v) is 7.98. The molecule has 0 unspecified atom stereocenters. The molecule has 2 aromatic carbocycles. The minimum absolute atomic E-state index is 0.189. The van der Waals surface area contributed by atoms with Crippen molar-refractivity contribution in [3.63, 3.8) is 0 Å². The Morgan fingerprint density at radius 2 is 1.74 bits per heavy atom. The average Bonchev–Trinajstić information content (AvgIpc) is 3.19. The standard InChI is InChI=1S/C27H25BrI2N2O6S/c1-6-37-24-17(29)8-14(9-18(24)30)10-21-25(33)32-23(15-11-19(35-4)20(36-5)12-16(15)28)22(26(34)38-7-2)13(3)31-27(32)39-21/h8-12,23H,6-7H2,1-5H3/b21-10-/t23-/m0/s1. The summed E-state index contributed by atoms with van der Waals surface area (Å²) in [6.07, 6.45) is 1.84. The molecule has 0 saturated carbocycles. The molecule has 4 rings (SSSR count). The van der Waals surface area contributed by atoms with Gasteiger partial charge in [-0.1, -0.05) is 27.3 Å². The summed E-state index contributed by atoms with van der Waals surface area (Å²) in [6.45, 7) is 6.19. The first kappa shape index (κ1) is 30.1. The summed E-state index contributed by atoms with van der Waals surface area (Å²) in [4.78, 5) is 32.3. The van der Waals surface area contributed by atoms with Gasteiger partial charge in [-0.15, -0.1) is 0 Å². The summed E-state index contributed by atoms with van der Waals surface area (Å²) < 4.78 is 26.7. The normalized spacial score (nSPS) is 15.1. The van der Waals surface area contributed by atoms with Crippen molar-refractivity contribution in [3.05, 3.63) is 78.0 Å². The van der Waals surface area contributed by atoms with Crippen molar-refractivity contribution in [2.24, 2.45) is 4.99 Å². The maximum atomic E-state index is 14.0. The van der Waals surface area contributed by atoms with Crippen LogP contribution in [0.1, 0.15) is 37.9 Å². The van der Waals surface area contributed by atoms with E-state index >= 15 is 0 Å². The van der Waals surface area contributed by atoms with Crippen molar-refractivity contribution >= 4 is 84.5 Å². The molecular weight excluding hydrogens is 814 g/mol. The van der Waals surface area contributed by atoms with Gasteiger partial charge in [0.2, 0.25) is 0 Å². The van der Waals surface area contributed by atoms with E-state index in [4.69, 9.17) is 18.9 Å². The van der Waals surface area contributed by atoms with Gasteiger partial charge in [0.05, 0.1) is 56.4 Å². The lowest BCUT2D eigenvalue weighted by atomic mass is 9.95. The summed E-state index contributed by atoms with van der Waals surface area (Å²) in [7, 11) is 3.08. The number of thiazole rings is 1. The molecule has 206 valence electrons. The Labute approximate surface area is 265 Å². The molecule has 0 saturated heterocycles. The molecule has 0 aliphatic carbocycles. The Morgan fingerprint density at radius 3 is 2.33 bits per heavy atom. The predicted molar refractivity (Wildman–Crippen MR) is 171 cm³/mol. The van der Waals surface area contributed by atoms with Gasteiger partial charge < -0.3 is 18.9 Å². The van der Waals surface area contributed by atoms with E-state index in [9.17, 15) is 9.59 Å². The van der Waals surface area contributed by atoms with Crippen molar-refractivity contribution in [1.29, 1.82) is 0 Å². The lowest BCUT2D eigenvalue weighted by Crippen LogP contribution is -2.40. The van der Waals surface area contributed by atoms with Gasteiger partial charge in [0.15, 0.2) is 16.3 Å². The van der Waals surface area contributed by atoms with Gasteiger partial charge >= 0.3 is 5.97 Å². The van der Waals surface area contributed by atoms with Crippen LogP contribution in [0, 0.1) is 7.14 Å². The highest BCUT2D eigenvalue weighted by Crippen LogP contribution is 2.40. The first-order chi connectivity index (χ1) is 18.6. The van der Waals surface area contributed by atoms with E-state index in [0.717, 1.165) is 18.5 Å². The van der Waals surface area contributed by atoms with Crippen LogP contribution < -0.4 is 29.1 Å². The topological polar surface area (TPSA) is 88.4 Å². The quantitative estimate of drug-likeness (QED) is 0.230. The third kappa shape index (κ3) is 5.93. The van der Waals surface area contributed by atoms with Crippen LogP contribution in [0.25, 0.3) is 6.08 Å². The molecule has 0 radical (unpaired) electrons. The van der Waals surface area contributed by atoms with Crippen LogP contribution in [-0.2, 0) is 9.53 Å². The van der Waals surface area contributed by atoms with Crippen LogP contribution in [0.2, 0.25) is 0 Å². The number of benzene rings is 2. The number of allylic oxidation sites excluding steroid dienone is 1. The Balaban J connectivity index is 1.98. The number of carbonyl (C=O) groups excluding carboxylic acids is 1. The van der Waals surface area contributed by atoms with Crippen molar-refractivity contribution in [1.82, 2.24) is 4.57 Å². The van der Waals surface area contributed by atoms with Gasteiger partial charge in [0.1, 0.15) is 5.75 Å². The van der Waals surface area contributed by atoms with Gasteiger partial charge in [-0.2, -0.15) is 0 Å². The number of ether oxygens (including phenoxy) is 4. The summed E-state index contributed by atoms with van der Waals surface area (Å²) in [5, 5.41) is 0. The van der Waals surface area contributed by atoms with Crippen molar-refractivity contribution in [3.8, 4) is 17.2 Å². The minimum atomic E-state index is -0.794. The fourth-order valence-electron chi connectivity index (χ4n) is 4.26. The number of methoxy groups -OCH3 is 2. The number of halogens is 3. The number of aromatic nitrogens is 1. The van der Waals surface area contributed by atoms with Crippen LogP contribution >= 0.6 is 72.4 Å². The van der Waals surface area contributed by atoms with E-state index in [1.54, 1.807) is 37.7 Å². The molecular formula is C27H25BrI2N2O6S. The number of hydrogen-bond acceptors (Lipinski definition) is 8. The lowest BCUT2D eigenvalue weighted by Gasteiger charge is -2.26. The maximum absolute atomic E-state index is 14.0. The Bertz CT molecular complexity index is 1640. The molecule has 0 N–H and O–H groups in total. The van der Waals surface area contributed by atoms with Crippen LogP contribution in [0.3, 0.4) is 0 Å². The zero-order valence-electron chi connectivity index (χ0n) is 21.8. The zero-order valence-corrected chi connectivity index (χ0v) is 28.5. The number of carbonyl (C=O) groups is 1. The molecule has 12 heteroatoms. The summed E-state index contributed by atoms with van der Waals surface area (Å²) >= 11 is 9.36. The Hall–Kier alpha value is -1.91. The van der Waals surface area contributed by atoms with Crippen molar-refractivity contribution < 1.29 is 23.7 Å². The SMILES string of the molecule is CCOC(=O)C1=C(C)N=c2s/c(=C\c3cc(I)c(OCC)c(I)c3)c(=O)n2[C@H]1c1cc(OC)c(OC)cc1Br. The molecule has 0 fully saturated rings. The van der Waals surface area contributed by atoms with Crippen LogP contribution in [0.4, 0.5) is 0 Å². The molecule has 0 spiro atoms. The summed E-state index contributed by atoms with van der Waals surface area (Å²) in [5.74, 6) is 1.27. The number of fused-ring (bicyclic) bond motifs is 1. The zero-order chi connectivity index (χ0) is 28.4. The second-order valence-electron chi connectivity index (χ2n) is 8.28. The van der Waals surface area contributed by atoms with E-state index < -0.39 is 12.0 Å². The molecule has 8 nitrogen and oxygen atoms in total. The van der Waals surface area contributed by atoms with Gasteiger partial charge in [0, 0.05) is 4.47 Å². The van der Waals surface area contributed by atoms with E-state index in [0.29, 0.717) is 43.2 Å². The van der Waals surface area contributed by atoms with Crippen molar-refractivity contribution in [2.75, 3.05) is 27.4 Å². The smallest absolute Gasteiger partial charge is 0.338 e. The van der Waals surface area contributed by atoms with E-state index in [-0.39, 0.29) is 17.7 Å². The van der Waals surface area contributed by atoms with Crippen LogP contribution in [0.5, 0.6) is 17.2 Å². The molecule has 2 heterocycles. The van der Waals surface area contributed by atoms with Gasteiger partial charge in [-0.3, -0.25) is 9.36 Å². The monoisotopic (exact) mass is 838 g/mol. The highest BCUT2D eigenvalue weighted by Gasteiger charge is 2.35. The van der Waals surface area contributed by atoms with Crippen LogP contribution in [0.15, 0.2) is 49.8 Å². The second kappa shape index (κ2) is 12.7. The second-order valence-corrected chi connectivity index (χ2v) is 12.5. The van der Waals surface area contributed by atoms with Gasteiger partial charge in [-0.25, -0.2) is 9.79 Å². The average molecular weight is 839 g/mol. The Morgan fingerprint density at radius 1 is 1.10 bits per heavy atom. The molecule has 1 aromatic heterocycles. The lowest BCUT2D eigenvalue weighted by molar-refractivity contribution is -0.139. The third-order valence-electron chi connectivity index (χ3n) is 5.92. The number of esters is 1. The minimum Gasteiger partial charge on any atom is -0.493 e. The Kier molecular flexibility index (Phi) is 9.81. The molecule has 0 bridgehead atoms. The van der Waals surface area contributed by atoms with Crippen LogP contribution in [-0.4, -0.2) is 38.0 Å². The highest BCUT2D eigenvalue weighted by molar-refractivity contribution is 14.1. The maximum Gasteiger partial charge on any atom is 0.338 e.